The summed E-state index contributed by atoms with van der Waals surface area (Å²) in [5, 5.41) is 2.58. The van der Waals surface area contributed by atoms with E-state index in [0.29, 0.717) is 42.8 Å². The second kappa shape index (κ2) is 9.23. The zero-order valence-electron chi connectivity index (χ0n) is 15.9. The molecule has 3 aromatic rings. The van der Waals surface area contributed by atoms with Crippen LogP contribution in [0, 0.1) is 12.7 Å². The lowest BCUT2D eigenvalue weighted by Gasteiger charge is -2.12. The molecule has 3 rings (SSSR count). The van der Waals surface area contributed by atoms with E-state index in [1.807, 2.05) is 6.92 Å². The predicted molar refractivity (Wildman–Crippen MR) is 105 cm³/mol. The summed E-state index contributed by atoms with van der Waals surface area (Å²) in [6.07, 6.45) is 2.32. The lowest BCUT2D eigenvalue weighted by Crippen LogP contribution is -2.16. The highest BCUT2D eigenvalue weighted by molar-refractivity contribution is 6.05. The standard InChI is InChI=1S/C21H22FN3O3/c1-3-27-11-6-12-28-18-9-4-7-16(19(18)22)25-21(26)20-14(2)13-17-15(24-20)8-5-10-23-17/h4-5,7-10,13H,3,6,11-12H2,1-2H3,(H,25,26). The van der Waals surface area contributed by atoms with Crippen LogP contribution in [0.3, 0.4) is 0 Å². The van der Waals surface area contributed by atoms with Crippen LogP contribution in [0.1, 0.15) is 29.4 Å². The molecule has 0 atom stereocenters. The van der Waals surface area contributed by atoms with Gasteiger partial charge in [0.05, 0.1) is 23.3 Å². The lowest BCUT2D eigenvalue weighted by atomic mass is 10.1. The van der Waals surface area contributed by atoms with Crippen molar-refractivity contribution >= 4 is 22.6 Å². The Morgan fingerprint density at radius 1 is 1.18 bits per heavy atom. The number of aromatic nitrogens is 2. The van der Waals surface area contributed by atoms with Crippen molar-refractivity contribution in [2.75, 3.05) is 25.1 Å². The van der Waals surface area contributed by atoms with Gasteiger partial charge >= 0.3 is 0 Å². The van der Waals surface area contributed by atoms with Crippen molar-refractivity contribution in [3.8, 4) is 5.75 Å². The summed E-state index contributed by atoms with van der Waals surface area (Å²) in [4.78, 5) is 21.2. The van der Waals surface area contributed by atoms with Crippen molar-refractivity contribution in [1.82, 2.24) is 9.97 Å². The van der Waals surface area contributed by atoms with Gasteiger partial charge in [0.25, 0.3) is 5.91 Å². The van der Waals surface area contributed by atoms with Crippen molar-refractivity contribution < 1.29 is 18.7 Å². The van der Waals surface area contributed by atoms with Gasteiger partial charge in [-0.25, -0.2) is 9.37 Å². The van der Waals surface area contributed by atoms with Gasteiger partial charge in [-0.15, -0.1) is 0 Å². The van der Waals surface area contributed by atoms with E-state index in [2.05, 4.69) is 15.3 Å². The van der Waals surface area contributed by atoms with Crippen molar-refractivity contribution in [2.45, 2.75) is 20.3 Å². The number of aryl methyl sites for hydroxylation is 1. The maximum Gasteiger partial charge on any atom is 0.274 e. The second-order valence-electron chi connectivity index (χ2n) is 6.17. The number of nitrogens with one attached hydrogen (secondary N) is 1. The number of carbonyl (C=O) groups excluding carboxylic acids is 1. The second-order valence-corrected chi connectivity index (χ2v) is 6.17. The van der Waals surface area contributed by atoms with Crippen LogP contribution in [0.25, 0.3) is 11.0 Å². The molecule has 0 aliphatic heterocycles. The highest BCUT2D eigenvalue weighted by atomic mass is 19.1. The van der Waals surface area contributed by atoms with E-state index in [9.17, 15) is 9.18 Å². The van der Waals surface area contributed by atoms with E-state index in [-0.39, 0.29) is 17.1 Å². The average molecular weight is 383 g/mol. The molecule has 0 unspecified atom stereocenters. The summed E-state index contributed by atoms with van der Waals surface area (Å²) < 4.78 is 25.4. The zero-order chi connectivity index (χ0) is 19.9. The molecule has 146 valence electrons. The Bertz CT molecular complexity index is 978. The van der Waals surface area contributed by atoms with E-state index in [1.165, 1.54) is 12.1 Å². The number of nitrogens with zero attached hydrogens (tertiary/aromatic N) is 2. The van der Waals surface area contributed by atoms with Gasteiger partial charge in [0.15, 0.2) is 11.6 Å². The Morgan fingerprint density at radius 2 is 2.04 bits per heavy atom. The first-order chi connectivity index (χ1) is 13.6. The Balaban J connectivity index is 1.73. The van der Waals surface area contributed by atoms with Gasteiger partial charge in [0, 0.05) is 25.8 Å². The highest BCUT2D eigenvalue weighted by Crippen LogP contribution is 2.25. The molecular weight excluding hydrogens is 361 g/mol. The van der Waals surface area contributed by atoms with Gasteiger partial charge in [-0.3, -0.25) is 9.78 Å². The van der Waals surface area contributed by atoms with E-state index in [1.54, 1.807) is 37.4 Å². The van der Waals surface area contributed by atoms with E-state index in [0.717, 1.165) is 0 Å². The summed E-state index contributed by atoms with van der Waals surface area (Å²) in [5.74, 6) is -1.02. The van der Waals surface area contributed by atoms with Crippen LogP contribution in [0.5, 0.6) is 5.75 Å². The molecular formula is C21H22FN3O3. The maximum absolute atomic E-state index is 14.7. The largest absolute Gasteiger partial charge is 0.490 e. The summed E-state index contributed by atoms with van der Waals surface area (Å²) in [6, 6.07) is 9.94. The van der Waals surface area contributed by atoms with Crippen molar-refractivity contribution in [1.29, 1.82) is 0 Å². The van der Waals surface area contributed by atoms with E-state index >= 15 is 0 Å². The monoisotopic (exact) mass is 383 g/mol. The Hall–Kier alpha value is -3.06. The van der Waals surface area contributed by atoms with Crippen molar-refractivity contribution in [2.24, 2.45) is 0 Å². The van der Waals surface area contributed by atoms with Gasteiger partial charge in [0.2, 0.25) is 0 Å². The quantitative estimate of drug-likeness (QED) is 0.592. The molecule has 0 aliphatic rings. The Morgan fingerprint density at radius 3 is 2.86 bits per heavy atom. The number of fused-ring (bicyclic) bond motifs is 1. The first-order valence-corrected chi connectivity index (χ1v) is 9.13. The molecule has 0 saturated carbocycles. The SMILES string of the molecule is CCOCCCOc1cccc(NC(=O)c2nc3cccnc3cc2C)c1F. The molecule has 1 N–H and O–H groups in total. The number of rotatable bonds is 8. The third-order valence-electron chi connectivity index (χ3n) is 4.10. The molecule has 7 heteroatoms. The van der Waals surface area contributed by atoms with E-state index in [4.69, 9.17) is 9.47 Å². The number of hydrogen-bond donors (Lipinski definition) is 1. The first kappa shape index (κ1) is 19.7. The molecule has 1 amide bonds. The fraction of sp³-hybridized carbons (Fsp3) is 0.286. The van der Waals surface area contributed by atoms with Crippen LogP contribution in [-0.2, 0) is 4.74 Å². The summed E-state index contributed by atoms with van der Waals surface area (Å²) >= 11 is 0. The number of pyridine rings is 2. The summed E-state index contributed by atoms with van der Waals surface area (Å²) in [6.45, 7) is 5.19. The van der Waals surface area contributed by atoms with Crippen LogP contribution < -0.4 is 10.1 Å². The molecule has 0 fully saturated rings. The highest BCUT2D eigenvalue weighted by Gasteiger charge is 2.16. The minimum atomic E-state index is -0.618. The molecule has 0 radical (unpaired) electrons. The smallest absolute Gasteiger partial charge is 0.274 e. The lowest BCUT2D eigenvalue weighted by molar-refractivity contribution is 0.102. The number of ether oxygens (including phenoxy) is 2. The molecule has 0 spiro atoms. The Kier molecular flexibility index (Phi) is 6.49. The topological polar surface area (TPSA) is 73.3 Å². The van der Waals surface area contributed by atoms with Crippen LogP contribution >= 0.6 is 0 Å². The molecule has 2 aromatic heterocycles. The van der Waals surface area contributed by atoms with Crippen LogP contribution in [0.15, 0.2) is 42.6 Å². The van der Waals surface area contributed by atoms with Crippen LogP contribution in [0.2, 0.25) is 0 Å². The van der Waals surface area contributed by atoms with Gasteiger partial charge < -0.3 is 14.8 Å². The molecule has 6 nitrogen and oxygen atoms in total. The number of hydrogen-bond acceptors (Lipinski definition) is 5. The molecule has 2 heterocycles. The Labute approximate surface area is 162 Å². The fourth-order valence-corrected chi connectivity index (χ4v) is 2.71. The maximum atomic E-state index is 14.7. The number of halogens is 1. The van der Waals surface area contributed by atoms with E-state index < -0.39 is 11.7 Å². The number of anilines is 1. The molecule has 0 aliphatic carbocycles. The number of amides is 1. The van der Waals surface area contributed by atoms with Crippen LogP contribution in [0.4, 0.5) is 10.1 Å². The fourth-order valence-electron chi connectivity index (χ4n) is 2.71. The minimum Gasteiger partial charge on any atom is -0.490 e. The van der Waals surface area contributed by atoms with Gasteiger partial charge in [0.1, 0.15) is 5.69 Å². The van der Waals surface area contributed by atoms with Gasteiger partial charge in [-0.2, -0.15) is 0 Å². The van der Waals surface area contributed by atoms with Gasteiger partial charge in [-0.1, -0.05) is 6.07 Å². The summed E-state index contributed by atoms with van der Waals surface area (Å²) in [5.41, 5.74) is 2.23. The number of benzene rings is 1. The third kappa shape index (κ3) is 4.61. The predicted octanol–water partition coefficient (Wildman–Crippen LogP) is 4.14. The third-order valence-corrected chi connectivity index (χ3v) is 4.10. The minimum absolute atomic E-state index is 0.0415. The zero-order valence-corrected chi connectivity index (χ0v) is 15.9. The van der Waals surface area contributed by atoms with Crippen LogP contribution in [-0.4, -0.2) is 35.7 Å². The molecule has 1 aromatic carbocycles. The normalized spacial score (nSPS) is 10.8. The first-order valence-electron chi connectivity index (χ1n) is 9.13. The number of carbonyl (C=O) groups is 1. The molecule has 0 bridgehead atoms. The van der Waals surface area contributed by atoms with Crippen molar-refractivity contribution in [3.05, 3.63) is 59.7 Å². The van der Waals surface area contributed by atoms with Crippen molar-refractivity contribution in [3.63, 3.8) is 0 Å². The average Bonchev–Trinajstić information content (AvgIpc) is 2.69. The molecule has 28 heavy (non-hydrogen) atoms. The summed E-state index contributed by atoms with van der Waals surface area (Å²) in [7, 11) is 0. The van der Waals surface area contributed by atoms with Gasteiger partial charge in [-0.05, 0) is 49.7 Å². The molecule has 0 saturated heterocycles.